The minimum absolute atomic E-state index is 0.0314. The van der Waals surface area contributed by atoms with Crippen LogP contribution in [0.5, 0.6) is 0 Å². The monoisotopic (exact) mass is 244 g/mol. The van der Waals surface area contributed by atoms with E-state index < -0.39 is 6.29 Å². The zero-order valence-corrected chi connectivity index (χ0v) is 9.61. The van der Waals surface area contributed by atoms with Gasteiger partial charge in [0.2, 0.25) is 6.29 Å². The van der Waals surface area contributed by atoms with Gasteiger partial charge in [0.1, 0.15) is 0 Å². The van der Waals surface area contributed by atoms with Crippen molar-refractivity contribution in [3.63, 3.8) is 0 Å². The van der Waals surface area contributed by atoms with Gasteiger partial charge in [0.05, 0.1) is 12.7 Å². The molecule has 0 amide bonds. The van der Waals surface area contributed by atoms with Crippen molar-refractivity contribution in [2.75, 3.05) is 6.61 Å². The van der Waals surface area contributed by atoms with Crippen LogP contribution < -0.4 is 0 Å². The van der Waals surface area contributed by atoms with E-state index in [1.807, 2.05) is 18.2 Å². The molecule has 0 spiro atoms. The lowest BCUT2D eigenvalue weighted by atomic mass is 10.0. The summed E-state index contributed by atoms with van der Waals surface area (Å²) in [6.07, 6.45) is -0.791. The fraction of sp³-hybridized carbons (Fsp3) is 0.429. The molecule has 2 bridgehead atoms. The molecule has 18 heavy (non-hydrogen) atoms. The number of carbonyl (C=O) groups is 2. The number of fused-ring (bicyclic) bond motifs is 4. The predicted octanol–water partition coefficient (Wildman–Crippen LogP) is 1.06. The van der Waals surface area contributed by atoms with Crippen LogP contribution in [-0.4, -0.2) is 30.6 Å². The average molecular weight is 244 g/mol. The summed E-state index contributed by atoms with van der Waals surface area (Å²) < 4.78 is 10.7. The Morgan fingerprint density at radius 3 is 2.78 bits per heavy atom. The summed E-state index contributed by atoms with van der Waals surface area (Å²) in [5, 5.41) is 0. The molecule has 4 nitrogen and oxygen atoms in total. The van der Waals surface area contributed by atoms with Gasteiger partial charge >= 0.3 is 0 Å². The molecule has 2 aliphatic heterocycles. The maximum atomic E-state index is 12.3. The van der Waals surface area contributed by atoms with Gasteiger partial charge in [-0.3, -0.25) is 9.59 Å². The molecule has 92 valence electrons. The van der Waals surface area contributed by atoms with Crippen molar-refractivity contribution in [1.82, 2.24) is 0 Å². The average Bonchev–Trinajstić information content (AvgIpc) is 3.02. The molecule has 0 N–H and O–H groups in total. The first-order valence-electron chi connectivity index (χ1n) is 6.17. The van der Waals surface area contributed by atoms with Crippen molar-refractivity contribution in [1.29, 1.82) is 0 Å². The molecule has 1 saturated carbocycles. The summed E-state index contributed by atoms with van der Waals surface area (Å²) >= 11 is 0. The van der Waals surface area contributed by atoms with Gasteiger partial charge in [-0.15, -0.1) is 0 Å². The molecule has 1 aromatic rings. The summed E-state index contributed by atoms with van der Waals surface area (Å²) in [4.78, 5) is 24.3. The van der Waals surface area contributed by atoms with Crippen LogP contribution in [0.2, 0.25) is 0 Å². The lowest BCUT2D eigenvalue weighted by Gasteiger charge is -2.14. The van der Waals surface area contributed by atoms with Crippen LogP contribution in [-0.2, 0) is 14.3 Å². The van der Waals surface area contributed by atoms with E-state index in [4.69, 9.17) is 9.47 Å². The topological polar surface area (TPSA) is 52.6 Å². The van der Waals surface area contributed by atoms with Crippen LogP contribution in [0.15, 0.2) is 30.3 Å². The normalized spacial score (nSPS) is 40.4. The van der Waals surface area contributed by atoms with Gasteiger partial charge in [0.15, 0.2) is 11.6 Å². The van der Waals surface area contributed by atoms with Crippen LogP contribution in [0.3, 0.4) is 0 Å². The summed E-state index contributed by atoms with van der Waals surface area (Å²) in [6, 6.07) is 9.15. The molecule has 1 aromatic carbocycles. The van der Waals surface area contributed by atoms with Gasteiger partial charge in [0.25, 0.3) is 0 Å². The Kier molecular flexibility index (Phi) is 2.02. The van der Waals surface area contributed by atoms with Gasteiger partial charge in [-0.25, -0.2) is 0 Å². The van der Waals surface area contributed by atoms with Gasteiger partial charge in [-0.2, -0.15) is 0 Å². The fourth-order valence-electron chi connectivity index (χ4n) is 3.22. The van der Waals surface area contributed by atoms with E-state index in [0.717, 1.165) is 0 Å². The van der Waals surface area contributed by atoms with E-state index >= 15 is 0 Å². The van der Waals surface area contributed by atoms with Crippen molar-refractivity contribution in [3.05, 3.63) is 35.9 Å². The Bertz CT molecular complexity index is 524. The number of hydrogen-bond acceptors (Lipinski definition) is 4. The number of benzene rings is 1. The number of hydrogen-bond donors (Lipinski definition) is 0. The van der Waals surface area contributed by atoms with E-state index in [2.05, 4.69) is 0 Å². The molecule has 4 rings (SSSR count). The minimum Gasteiger partial charge on any atom is -0.343 e. The van der Waals surface area contributed by atoms with Crippen LogP contribution in [0.1, 0.15) is 10.4 Å². The Morgan fingerprint density at radius 1 is 1.22 bits per heavy atom. The van der Waals surface area contributed by atoms with E-state index in [0.29, 0.717) is 12.2 Å². The number of carbonyl (C=O) groups excluding carboxylic acids is 2. The van der Waals surface area contributed by atoms with E-state index in [1.54, 1.807) is 12.1 Å². The largest absolute Gasteiger partial charge is 0.343 e. The summed E-state index contributed by atoms with van der Waals surface area (Å²) in [5.74, 6) is -0.329. The highest BCUT2D eigenvalue weighted by atomic mass is 16.7. The number of ether oxygens (including phenoxy) is 2. The third kappa shape index (κ3) is 1.27. The molecule has 2 heterocycles. The van der Waals surface area contributed by atoms with Gasteiger partial charge in [0, 0.05) is 23.3 Å². The molecule has 1 aliphatic carbocycles. The van der Waals surface area contributed by atoms with Crippen LogP contribution >= 0.6 is 0 Å². The molecule has 2 saturated heterocycles. The SMILES string of the molecule is O=C1[C@@H]2OC[C@@H](O2)[C@@H]2[C@H]1[C@@H]2C(=O)c1ccccc1. The Morgan fingerprint density at radius 2 is 2.00 bits per heavy atom. The van der Waals surface area contributed by atoms with Crippen molar-refractivity contribution >= 4 is 11.6 Å². The van der Waals surface area contributed by atoms with Gasteiger partial charge in [-0.1, -0.05) is 30.3 Å². The summed E-state index contributed by atoms with van der Waals surface area (Å²) in [6.45, 7) is 0.441. The Hall–Kier alpha value is -1.52. The predicted molar refractivity (Wildman–Crippen MR) is 60.9 cm³/mol. The van der Waals surface area contributed by atoms with Crippen molar-refractivity contribution < 1.29 is 19.1 Å². The highest BCUT2D eigenvalue weighted by Crippen LogP contribution is 2.57. The maximum Gasteiger partial charge on any atom is 0.218 e. The first-order valence-corrected chi connectivity index (χ1v) is 6.17. The molecular formula is C14H12O4. The summed E-state index contributed by atoms with van der Waals surface area (Å²) in [5.41, 5.74) is 0.682. The Balaban J connectivity index is 1.62. The highest BCUT2D eigenvalue weighted by Gasteiger charge is 2.68. The van der Waals surface area contributed by atoms with Crippen molar-refractivity contribution in [3.8, 4) is 0 Å². The van der Waals surface area contributed by atoms with E-state index in [9.17, 15) is 9.59 Å². The number of Topliss-reactive ketones (excluding diaryl/α,β-unsaturated/α-hetero) is 2. The van der Waals surface area contributed by atoms with Crippen LogP contribution in [0.4, 0.5) is 0 Å². The minimum atomic E-state index is -0.718. The van der Waals surface area contributed by atoms with Crippen LogP contribution in [0.25, 0.3) is 0 Å². The summed E-state index contributed by atoms with van der Waals surface area (Å²) in [7, 11) is 0. The molecule has 3 aliphatic rings. The van der Waals surface area contributed by atoms with Crippen LogP contribution in [0, 0.1) is 17.8 Å². The molecule has 0 aromatic heterocycles. The first-order chi connectivity index (χ1) is 8.77. The first kappa shape index (κ1) is 10.4. The fourth-order valence-corrected chi connectivity index (χ4v) is 3.22. The quantitative estimate of drug-likeness (QED) is 0.730. The molecule has 3 fully saturated rings. The number of rotatable bonds is 2. The smallest absolute Gasteiger partial charge is 0.218 e. The van der Waals surface area contributed by atoms with E-state index in [1.165, 1.54) is 0 Å². The van der Waals surface area contributed by atoms with Crippen molar-refractivity contribution in [2.45, 2.75) is 12.4 Å². The zero-order valence-electron chi connectivity index (χ0n) is 9.61. The van der Waals surface area contributed by atoms with Crippen molar-refractivity contribution in [2.24, 2.45) is 17.8 Å². The Labute approximate surface area is 104 Å². The molecule has 0 unspecified atom stereocenters. The zero-order chi connectivity index (χ0) is 12.3. The molecule has 4 heteroatoms. The van der Waals surface area contributed by atoms with E-state index in [-0.39, 0.29) is 35.4 Å². The lowest BCUT2D eigenvalue weighted by molar-refractivity contribution is -0.153. The molecular weight excluding hydrogens is 232 g/mol. The van der Waals surface area contributed by atoms with Gasteiger partial charge in [-0.05, 0) is 0 Å². The number of ketones is 2. The second kappa shape index (κ2) is 3.49. The molecule has 0 radical (unpaired) electrons. The molecule has 5 atom stereocenters. The lowest BCUT2D eigenvalue weighted by Crippen LogP contribution is -2.30. The third-order valence-corrected chi connectivity index (χ3v) is 4.14. The van der Waals surface area contributed by atoms with Gasteiger partial charge < -0.3 is 9.47 Å². The standard InChI is InChI=1S/C14H12O4/c15-12(7-4-2-1-3-5-7)10-9-8-6-17-14(18-8)13(16)11(9)10/h1-5,8-11,14H,6H2/t8-,9+,10-,11+,14-/m1/s1. The maximum absolute atomic E-state index is 12.3. The second-order valence-corrected chi connectivity index (χ2v) is 5.10. The highest BCUT2D eigenvalue weighted by molar-refractivity contribution is 6.05. The third-order valence-electron chi connectivity index (χ3n) is 4.14. The second-order valence-electron chi connectivity index (χ2n) is 5.10.